The van der Waals surface area contributed by atoms with Gasteiger partial charge in [-0.2, -0.15) is 0 Å². The maximum atomic E-state index is 13.0. The van der Waals surface area contributed by atoms with E-state index in [-0.39, 0.29) is 51.4 Å². The summed E-state index contributed by atoms with van der Waals surface area (Å²) in [6.07, 6.45) is -26.1. The molecule has 0 N–H and O–H groups in total. The number of alkyl halides is 8. The summed E-state index contributed by atoms with van der Waals surface area (Å²) in [7, 11) is -5.32. The zero-order valence-electron chi connectivity index (χ0n) is 10.4. The number of halogens is 8. The van der Waals surface area contributed by atoms with E-state index in [1.165, 1.54) is 0 Å². The summed E-state index contributed by atoms with van der Waals surface area (Å²) in [6, 6.07) is 0. The van der Waals surface area contributed by atoms with Crippen molar-refractivity contribution in [1.29, 1.82) is 0 Å². The number of hydrogen-bond donors (Lipinski definition) is 0. The minimum Gasteiger partial charge on any atom is -0.748 e. The summed E-state index contributed by atoms with van der Waals surface area (Å²) >= 11 is 0. The van der Waals surface area contributed by atoms with Crippen molar-refractivity contribution in [3.05, 3.63) is 0 Å². The van der Waals surface area contributed by atoms with Gasteiger partial charge in [0, 0.05) is 0 Å². The third-order valence-corrected chi connectivity index (χ3v) is 2.89. The van der Waals surface area contributed by atoms with Crippen LogP contribution in [0.15, 0.2) is 0 Å². The van der Waals surface area contributed by atoms with Gasteiger partial charge < -0.3 is 4.55 Å². The van der Waals surface area contributed by atoms with Crippen LogP contribution in [0.3, 0.4) is 0 Å². The fraction of sp³-hybridized carbons (Fsp3) is 1.00. The Morgan fingerprint density at radius 3 is 1.38 bits per heavy atom. The third-order valence-electron chi connectivity index (χ3n) is 2.17. The second kappa shape index (κ2) is 9.98. The molecule has 0 amide bonds. The molecule has 21 heavy (non-hydrogen) atoms. The second-order valence-electron chi connectivity index (χ2n) is 3.80. The van der Waals surface area contributed by atoms with Gasteiger partial charge in [0.2, 0.25) is 0 Å². The van der Waals surface area contributed by atoms with E-state index in [2.05, 4.69) is 0 Å². The summed E-state index contributed by atoms with van der Waals surface area (Å²) in [5.41, 5.74) is 0. The molecule has 6 unspecified atom stereocenters. The Morgan fingerprint density at radius 2 is 1.05 bits per heavy atom. The molecule has 0 aromatic rings. The van der Waals surface area contributed by atoms with Crippen LogP contribution in [0.1, 0.15) is 0 Å². The Morgan fingerprint density at radius 1 is 0.714 bits per heavy atom. The molecule has 0 aliphatic carbocycles. The number of hydrogen-bond acceptors (Lipinski definition) is 3. The van der Waals surface area contributed by atoms with Gasteiger partial charge in [-0.3, -0.25) is 0 Å². The molecule has 6 atom stereocenters. The Hall–Kier alpha value is 0.986. The maximum Gasteiger partial charge on any atom is 1.00 e. The fourth-order valence-electron chi connectivity index (χ4n) is 1.15. The van der Waals surface area contributed by atoms with Crippen LogP contribution in [0.25, 0.3) is 0 Å². The van der Waals surface area contributed by atoms with Crippen molar-refractivity contribution in [2.75, 3.05) is 5.75 Å². The van der Waals surface area contributed by atoms with Crippen molar-refractivity contribution >= 4 is 10.1 Å². The molecule has 3 nitrogen and oxygen atoms in total. The van der Waals surface area contributed by atoms with E-state index >= 15 is 0 Å². The minimum absolute atomic E-state index is 0. The fourth-order valence-corrected chi connectivity index (χ4v) is 1.73. The molecule has 0 saturated carbocycles. The topological polar surface area (TPSA) is 57.2 Å². The van der Waals surface area contributed by atoms with E-state index in [0.717, 1.165) is 0 Å². The summed E-state index contributed by atoms with van der Waals surface area (Å²) in [5, 5.41) is 0. The van der Waals surface area contributed by atoms with Crippen molar-refractivity contribution in [3.63, 3.8) is 0 Å². The molecule has 0 saturated heterocycles. The first-order chi connectivity index (χ1) is 8.88. The summed E-state index contributed by atoms with van der Waals surface area (Å²) in [5.74, 6) is -2.06. The second-order valence-corrected chi connectivity index (χ2v) is 5.25. The summed E-state index contributed by atoms with van der Waals surface area (Å²) in [4.78, 5) is 0. The Kier molecular flexibility index (Phi) is 11.5. The Bertz CT molecular complexity index is 397. The average Bonchev–Trinajstić information content (AvgIpc) is 2.31. The van der Waals surface area contributed by atoms with Crippen molar-refractivity contribution in [2.45, 2.75) is 43.5 Å². The zero-order valence-corrected chi connectivity index (χ0v) is 14.3. The average molecular weight is 376 g/mol. The number of rotatable bonds is 8. The molecular weight excluding hydrogens is 367 g/mol. The van der Waals surface area contributed by atoms with Gasteiger partial charge in [-0.25, -0.2) is 43.5 Å². The van der Waals surface area contributed by atoms with Crippen LogP contribution in [-0.2, 0) is 10.1 Å². The van der Waals surface area contributed by atoms with Gasteiger partial charge in [-0.15, -0.1) is 0 Å². The van der Waals surface area contributed by atoms with Gasteiger partial charge in [-0.1, -0.05) is 0 Å². The van der Waals surface area contributed by atoms with Crippen LogP contribution in [0.2, 0.25) is 0 Å². The summed E-state index contributed by atoms with van der Waals surface area (Å²) in [6.45, 7) is 0. The van der Waals surface area contributed by atoms with Crippen LogP contribution in [0.5, 0.6) is 0 Å². The molecule has 0 aromatic heterocycles. The predicted molar refractivity (Wildman–Crippen MR) is 49.9 cm³/mol. The van der Waals surface area contributed by atoms with E-state index in [0.29, 0.717) is 0 Å². The van der Waals surface area contributed by atoms with Crippen LogP contribution in [0, 0.1) is 0 Å². The molecule has 0 aliphatic heterocycles. The van der Waals surface area contributed by atoms with Crippen LogP contribution in [-0.4, -0.2) is 62.2 Å². The van der Waals surface area contributed by atoms with E-state index in [9.17, 15) is 48.1 Å². The normalized spacial score (nSPS) is 21.0. The van der Waals surface area contributed by atoms with Crippen molar-refractivity contribution < 1.29 is 99.5 Å². The van der Waals surface area contributed by atoms with Gasteiger partial charge in [0.25, 0.3) is 6.43 Å². The molecule has 0 aliphatic rings. The van der Waals surface area contributed by atoms with E-state index < -0.39 is 59.3 Å². The molecule has 0 heterocycles. The van der Waals surface area contributed by atoms with E-state index in [4.69, 9.17) is 0 Å². The first kappa shape index (κ1) is 24.2. The van der Waals surface area contributed by atoms with Gasteiger partial charge in [0.05, 0.1) is 15.9 Å². The maximum absolute atomic E-state index is 13.0. The SMILES string of the molecule is O=S(=O)([O-])CC(F)C(F)C(F)C(F)C(F)C(F)C(F)F.[K+]. The molecule has 0 aromatic carbocycles. The first-order valence-corrected chi connectivity index (χ1v) is 6.52. The van der Waals surface area contributed by atoms with Gasteiger partial charge in [0.15, 0.2) is 30.9 Å². The molecule has 0 radical (unpaired) electrons. The minimum atomic E-state index is -5.32. The molecular formula is C8H9F8KO3S. The monoisotopic (exact) mass is 376 g/mol. The van der Waals surface area contributed by atoms with Crippen LogP contribution >= 0.6 is 0 Å². The van der Waals surface area contributed by atoms with Crippen molar-refractivity contribution in [1.82, 2.24) is 0 Å². The first-order valence-electron chi connectivity index (χ1n) is 4.94. The molecule has 0 spiro atoms. The van der Waals surface area contributed by atoms with Crippen molar-refractivity contribution in [3.8, 4) is 0 Å². The Balaban J connectivity index is 0. The smallest absolute Gasteiger partial charge is 0.748 e. The van der Waals surface area contributed by atoms with Crippen LogP contribution < -0.4 is 51.4 Å². The molecule has 0 bridgehead atoms. The third kappa shape index (κ3) is 8.41. The van der Waals surface area contributed by atoms with Crippen LogP contribution in [0.4, 0.5) is 35.1 Å². The molecule has 0 fully saturated rings. The van der Waals surface area contributed by atoms with Gasteiger partial charge >= 0.3 is 51.4 Å². The molecule has 122 valence electrons. The standard InChI is InChI=1S/C8H10F8O3S.K/c9-2(1-20(17,18)19)3(10)4(11)5(12)6(13)7(14)8(15)16;/h2-8H,1H2,(H,17,18,19);/q;+1/p-1. The molecule has 13 heteroatoms. The van der Waals surface area contributed by atoms with Gasteiger partial charge in [0.1, 0.15) is 6.17 Å². The zero-order chi connectivity index (χ0) is 16.2. The van der Waals surface area contributed by atoms with E-state index in [1.807, 2.05) is 0 Å². The van der Waals surface area contributed by atoms with E-state index in [1.54, 1.807) is 0 Å². The van der Waals surface area contributed by atoms with Gasteiger partial charge in [-0.05, 0) is 0 Å². The largest absolute Gasteiger partial charge is 1.00 e. The Labute approximate surface area is 157 Å². The predicted octanol–water partition coefficient (Wildman–Crippen LogP) is -1.17. The quantitative estimate of drug-likeness (QED) is 0.305. The van der Waals surface area contributed by atoms with Crippen molar-refractivity contribution in [2.24, 2.45) is 0 Å². The molecule has 0 rings (SSSR count). The summed E-state index contributed by atoms with van der Waals surface area (Å²) < 4.78 is 130.